The monoisotopic (exact) mass is 298 g/mol. The maximum Gasteiger partial charge on any atom is 0.240 e. The van der Waals surface area contributed by atoms with Crippen LogP contribution in [-0.4, -0.2) is 23.7 Å². The van der Waals surface area contributed by atoms with Crippen molar-refractivity contribution in [1.82, 2.24) is 10.0 Å². The van der Waals surface area contributed by atoms with Crippen molar-refractivity contribution in [2.45, 2.75) is 65.0 Å². The van der Waals surface area contributed by atoms with E-state index in [1.807, 2.05) is 20.1 Å². The summed E-state index contributed by atoms with van der Waals surface area (Å²) in [6.45, 7) is 8.60. The molecule has 116 valence electrons. The van der Waals surface area contributed by atoms with Gasteiger partial charge < -0.3 is 5.32 Å². The minimum absolute atomic E-state index is 0.139. The number of nitrogens with one attached hydrogen (secondary N) is 2. The molecule has 2 N–H and O–H groups in total. The van der Waals surface area contributed by atoms with E-state index < -0.39 is 5.54 Å². The third kappa shape index (κ3) is 3.51. The van der Waals surface area contributed by atoms with Crippen molar-refractivity contribution in [3.05, 3.63) is 0 Å². The average Bonchev–Trinajstić information content (AvgIpc) is 2.33. The van der Waals surface area contributed by atoms with Crippen LogP contribution in [0.25, 0.3) is 0 Å². The molecule has 5 unspecified atom stereocenters. The molecule has 0 aromatic heterocycles. The van der Waals surface area contributed by atoms with Crippen molar-refractivity contribution in [2.24, 2.45) is 23.7 Å². The minimum atomic E-state index is -0.504. The fraction of sp³-hybridized carbons (Fsp3) is 0.938. The maximum absolute atomic E-state index is 12.5. The number of carbonyl (C=O) groups excluding carboxylic acids is 1. The van der Waals surface area contributed by atoms with E-state index in [4.69, 9.17) is 0 Å². The first-order valence-electron chi connectivity index (χ1n) is 7.94. The molecule has 2 aliphatic carbocycles. The van der Waals surface area contributed by atoms with Crippen molar-refractivity contribution in [2.75, 3.05) is 6.26 Å². The van der Waals surface area contributed by atoms with Gasteiger partial charge in [-0.25, -0.2) is 4.72 Å². The summed E-state index contributed by atoms with van der Waals surface area (Å²) in [6, 6.07) is 0.365. The second kappa shape index (κ2) is 6.27. The summed E-state index contributed by atoms with van der Waals surface area (Å²) in [6.07, 6.45) is 7.23. The van der Waals surface area contributed by atoms with Gasteiger partial charge in [-0.2, -0.15) is 0 Å². The van der Waals surface area contributed by atoms with Gasteiger partial charge in [0.15, 0.2) is 0 Å². The van der Waals surface area contributed by atoms with Gasteiger partial charge in [-0.3, -0.25) is 4.79 Å². The van der Waals surface area contributed by atoms with Gasteiger partial charge in [0.2, 0.25) is 5.91 Å². The van der Waals surface area contributed by atoms with Crippen LogP contribution < -0.4 is 10.0 Å². The molecular formula is C16H30N2OS. The summed E-state index contributed by atoms with van der Waals surface area (Å²) >= 11 is 1.51. The average molecular weight is 298 g/mol. The second-order valence-electron chi connectivity index (χ2n) is 7.58. The molecule has 3 nitrogen and oxygen atoms in total. The SMILES string of the molecule is CSNC(C)(C)C(=O)NC1C(C)CC2CC(C)CC1C2. The zero-order valence-corrected chi connectivity index (χ0v) is 14.3. The summed E-state index contributed by atoms with van der Waals surface area (Å²) in [5.41, 5.74) is -0.504. The number of rotatable bonds is 4. The van der Waals surface area contributed by atoms with Crippen molar-refractivity contribution in [1.29, 1.82) is 0 Å². The number of hydrogen-bond donors (Lipinski definition) is 2. The van der Waals surface area contributed by atoms with Gasteiger partial charge in [-0.05, 0) is 69.5 Å². The van der Waals surface area contributed by atoms with Gasteiger partial charge >= 0.3 is 0 Å². The normalized spacial score (nSPS) is 37.5. The van der Waals surface area contributed by atoms with Crippen LogP contribution in [0.3, 0.4) is 0 Å². The molecule has 20 heavy (non-hydrogen) atoms. The fourth-order valence-corrected chi connectivity index (χ4v) is 4.92. The largest absolute Gasteiger partial charge is 0.351 e. The molecule has 0 aliphatic heterocycles. The van der Waals surface area contributed by atoms with E-state index >= 15 is 0 Å². The highest BCUT2D eigenvalue weighted by Crippen LogP contribution is 2.44. The standard InChI is InChI=1S/C16H30N2OS/c1-10-6-12-8-11(2)14(13(7-10)9-12)17-15(19)16(3,4)18-20-5/h10-14,18H,6-9H2,1-5H3,(H,17,19). The first kappa shape index (κ1) is 16.2. The van der Waals surface area contributed by atoms with E-state index in [-0.39, 0.29) is 5.91 Å². The Bertz CT molecular complexity index is 354. The summed E-state index contributed by atoms with van der Waals surface area (Å²) in [4.78, 5) is 12.5. The molecule has 0 saturated heterocycles. The van der Waals surface area contributed by atoms with E-state index in [9.17, 15) is 4.79 Å². The Morgan fingerprint density at radius 1 is 1.15 bits per heavy atom. The summed E-state index contributed by atoms with van der Waals surface area (Å²) < 4.78 is 3.20. The van der Waals surface area contributed by atoms with Gasteiger partial charge in [-0.1, -0.05) is 25.8 Å². The van der Waals surface area contributed by atoms with Crippen LogP contribution in [0, 0.1) is 23.7 Å². The van der Waals surface area contributed by atoms with Gasteiger partial charge in [0.1, 0.15) is 5.54 Å². The predicted molar refractivity (Wildman–Crippen MR) is 86.4 cm³/mol. The van der Waals surface area contributed by atoms with Crippen molar-refractivity contribution in [3.8, 4) is 0 Å². The number of carbonyl (C=O) groups is 1. The summed E-state index contributed by atoms with van der Waals surface area (Å²) in [5, 5.41) is 3.35. The molecule has 4 heteroatoms. The highest BCUT2D eigenvalue weighted by Gasteiger charge is 2.42. The predicted octanol–water partition coefficient (Wildman–Crippen LogP) is 3.21. The molecule has 2 bridgehead atoms. The van der Waals surface area contributed by atoms with Crippen LogP contribution in [0.2, 0.25) is 0 Å². The minimum Gasteiger partial charge on any atom is -0.351 e. The number of amides is 1. The quantitative estimate of drug-likeness (QED) is 0.783. The fourth-order valence-electron chi connectivity index (χ4n) is 4.32. The van der Waals surface area contributed by atoms with Crippen LogP contribution in [0.4, 0.5) is 0 Å². The summed E-state index contributed by atoms with van der Waals surface area (Å²) in [7, 11) is 0. The van der Waals surface area contributed by atoms with Gasteiger partial charge in [0, 0.05) is 6.04 Å². The van der Waals surface area contributed by atoms with Crippen LogP contribution >= 0.6 is 11.9 Å². The molecule has 2 fully saturated rings. The van der Waals surface area contributed by atoms with Crippen molar-refractivity contribution < 1.29 is 4.79 Å². The molecule has 0 heterocycles. The van der Waals surface area contributed by atoms with E-state index in [0.717, 1.165) is 11.8 Å². The summed E-state index contributed by atoms with van der Waals surface area (Å²) in [5.74, 6) is 3.15. The Hall–Kier alpha value is -0.220. The zero-order valence-electron chi connectivity index (χ0n) is 13.5. The first-order valence-corrected chi connectivity index (χ1v) is 9.17. The topological polar surface area (TPSA) is 41.1 Å². The van der Waals surface area contributed by atoms with Crippen molar-refractivity contribution in [3.63, 3.8) is 0 Å². The second-order valence-corrected chi connectivity index (χ2v) is 8.19. The molecule has 1 amide bonds. The Balaban J connectivity index is 2.02. The molecular weight excluding hydrogens is 268 g/mol. The lowest BCUT2D eigenvalue weighted by Crippen LogP contribution is -2.58. The Morgan fingerprint density at radius 3 is 2.50 bits per heavy atom. The van der Waals surface area contributed by atoms with E-state index in [1.165, 1.54) is 37.6 Å². The van der Waals surface area contributed by atoms with Gasteiger partial charge in [0.25, 0.3) is 0 Å². The smallest absolute Gasteiger partial charge is 0.240 e. The number of fused-ring (bicyclic) bond motifs is 2. The lowest BCUT2D eigenvalue weighted by molar-refractivity contribution is -0.128. The third-order valence-corrected chi connectivity index (χ3v) is 5.84. The van der Waals surface area contributed by atoms with E-state index in [1.54, 1.807) is 0 Å². The molecule has 0 aromatic rings. The van der Waals surface area contributed by atoms with Crippen LogP contribution in [-0.2, 0) is 4.79 Å². The lowest BCUT2D eigenvalue weighted by Gasteiger charge is -2.47. The van der Waals surface area contributed by atoms with E-state index in [2.05, 4.69) is 23.9 Å². The molecule has 0 aromatic carbocycles. The van der Waals surface area contributed by atoms with Crippen LogP contribution in [0.5, 0.6) is 0 Å². The van der Waals surface area contributed by atoms with Gasteiger partial charge in [-0.15, -0.1) is 0 Å². The Kier molecular flexibility index (Phi) is 5.06. The molecule has 2 saturated carbocycles. The highest BCUT2D eigenvalue weighted by molar-refractivity contribution is 7.96. The molecule has 2 rings (SSSR count). The first-order chi connectivity index (χ1) is 9.33. The molecule has 0 radical (unpaired) electrons. The Morgan fingerprint density at radius 2 is 1.85 bits per heavy atom. The van der Waals surface area contributed by atoms with E-state index in [0.29, 0.717) is 17.9 Å². The Labute approximate surface area is 128 Å². The third-order valence-electron chi connectivity index (χ3n) is 5.13. The van der Waals surface area contributed by atoms with Crippen LogP contribution in [0.1, 0.15) is 53.4 Å². The van der Waals surface area contributed by atoms with Crippen LogP contribution in [0.15, 0.2) is 0 Å². The van der Waals surface area contributed by atoms with Gasteiger partial charge in [0.05, 0.1) is 0 Å². The molecule has 5 atom stereocenters. The zero-order chi connectivity index (χ0) is 14.9. The lowest BCUT2D eigenvalue weighted by atomic mass is 9.63. The molecule has 2 aliphatic rings. The molecule has 0 spiro atoms. The van der Waals surface area contributed by atoms with Crippen molar-refractivity contribution >= 4 is 17.9 Å². The maximum atomic E-state index is 12.5. The number of hydrogen-bond acceptors (Lipinski definition) is 3. The highest BCUT2D eigenvalue weighted by atomic mass is 32.2.